The zero-order valence-corrected chi connectivity index (χ0v) is 13.8. The molecule has 132 valence electrons. The van der Waals surface area contributed by atoms with Gasteiger partial charge in [0.1, 0.15) is 6.10 Å². The monoisotopic (exact) mass is 336 g/mol. The molecule has 0 saturated carbocycles. The van der Waals surface area contributed by atoms with Crippen LogP contribution in [-0.2, 0) is 20.7 Å². The second-order valence-corrected chi connectivity index (χ2v) is 6.28. The van der Waals surface area contributed by atoms with Gasteiger partial charge in [-0.2, -0.15) is 4.98 Å². The molecule has 3 rings (SSSR count). The van der Waals surface area contributed by atoms with Gasteiger partial charge in [0.2, 0.25) is 11.8 Å². The third-order valence-electron chi connectivity index (χ3n) is 4.37. The first-order chi connectivity index (χ1) is 11.7. The Morgan fingerprint density at radius 2 is 2.21 bits per heavy atom. The van der Waals surface area contributed by atoms with E-state index in [0.29, 0.717) is 37.6 Å². The Bertz CT molecular complexity index is 568. The topological polar surface area (TPSA) is 97.6 Å². The molecule has 2 fully saturated rings. The van der Waals surface area contributed by atoms with Crippen molar-refractivity contribution in [3.05, 3.63) is 11.7 Å². The van der Waals surface area contributed by atoms with Crippen molar-refractivity contribution in [3.63, 3.8) is 0 Å². The number of amides is 2. The lowest BCUT2D eigenvalue weighted by Gasteiger charge is -2.19. The first kappa shape index (κ1) is 16.9. The smallest absolute Gasteiger partial charge is 0.255 e. The molecule has 0 radical (unpaired) electrons. The van der Waals surface area contributed by atoms with Crippen molar-refractivity contribution < 1.29 is 18.8 Å². The van der Waals surface area contributed by atoms with Crippen LogP contribution in [-0.4, -0.2) is 53.1 Å². The van der Waals surface area contributed by atoms with Crippen LogP contribution in [0.3, 0.4) is 0 Å². The maximum absolute atomic E-state index is 12.0. The summed E-state index contributed by atoms with van der Waals surface area (Å²) in [5.41, 5.74) is 0. The van der Waals surface area contributed by atoms with Crippen LogP contribution in [0.4, 0.5) is 0 Å². The van der Waals surface area contributed by atoms with Crippen LogP contribution in [0.1, 0.15) is 56.3 Å². The van der Waals surface area contributed by atoms with E-state index in [0.717, 1.165) is 38.7 Å². The Labute approximate surface area is 140 Å². The van der Waals surface area contributed by atoms with Gasteiger partial charge in [-0.05, 0) is 25.7 Å². The number of carbonyl (C=O) groups is 2. The normalized spacial score (nSPS) is 21.8. The van der Waals surface area contributed by atoms with Crippen LogP contribution < -0.4 is 5.32 Å². The molecule has 8 nitrogen and oxygen atoms in total. The second kappa shape index (κ2) is 8.23. The molecule has 2 aliphatic heterocycles. The lowest BCUT2D eigenvalue weighted by atomic mass is 10.2. The summed E-state index contributed by atoms with van der Waals surface area (Å²) >= 11 is 0. The minimum atomic E-state index is -0.145. The highest BCUT2D eigenvalue weighted by molar-refractivity contribution is 5.84. The van der Waals surface area contributed by atoms with Crippen molar-refractivity contribution in [2.24, 2.45) is 0 Å². The van der Waals surface area contributed by atoms with Gasteiger partial charge in [0.25, 0.3) is 5.89 Å². The lowest BCUT2D eigenvalue weighted by molar-refractivity contribution is -0.135. The summed E-state index contributed by atoms with van der Waals surface area (Å²) in [6.45, 7) is 1.95. The molecule has 8 heteroatoms. The minimum Gasteiger partial charge on any atom is -0.368 e. The van der Waals surface area contributed by atoms with E-state index in [1.807, 2.05) is 0 Å². The highest BCUT2D eigenvalue weighted by atomic mass is 16.5. The molecule has 24 heavy (non-hydrogen) atoms. The molecule has 0 bridgehead atoms. The third kappa shape index (κ3) is 4.53. The number of carbonyl (C=O) groups excluding carboxylic acids is 2. The SMILES string of the molecule is O=C(CN1CCCCCC1=O)NCCc1noc([C@@H]2CCCO2)n1. The fourth-order valence-corrected chi connectivity index (χ4v) is 3.02. The van der Waals surface area contributed by atoms with Crippen LogP contribution in [0.2, 0.25) is 0 Å². The van der Waals surface area contributed by atoms with Gasteiger partial charge in [-0.15, -0.1) is 0 Å². The molecule has 0 aromatic carbocycles. The van der Waals surface area contributed by atoms with E-state index < -0.39 is 0 Å². The summed E-state index contributed by atoms with van der Waals surface area (Å²) in [5.74, 6) is 1.01. The quantitative estimate of drug-likeness (QED) is 0.832. The van der Waals surface area contributed by atoms with Crippen LogP contribution in [0.15, 0.2) is 4.52 Å². The average molecular weight is 336 g/mol. The molecular weight excluding hydrogens is 312 g/mol. The van der Waals surface area contributed by atoms with Crippen molar-refractivity contribution >= 4 is 11.8 Å². The van der Waals surface area contributed by atoms with Gasteiger partial charge < -0.3 is 19.5 Å². The van der Waals surface area contributed by atoms with E-state index >= 15 is 0 Å². The zero-order chi connectivity index (χ0) is 16.8. The minimum absolute atomic E-state index is 0.0713. The second-order valence-electron chi connectivity index (χ2n) is 6.28. The number of likely N-dealkylation sites (tertiary alicyclic amines) is 1. The number of nitrogens with zero attached hydrogens (tertiary/aromatic N) is 3. The van der Waals surface area contributed by atoms with Crippen LogP contribution >= 0.6 is 0 Å². The van der Waals surface area contributed by atoms with E-state index in [1.165, 1.54) is 0 Å². The largest absolute Gasteiger partial charge is 0.368 e. The fraction of sp³-hybridized carbons (Fsp3) is 0.750. The Morgan fingerprint density at radius 1 is 1.29 bits per heavy atom. The molecule has 0 aliphatic carbocycles. The molecule has 1 aromatic heterocycles. The number of ether oxygens (including phenoxy) is 1. The lowest BCUT2D eigenvalue weighted by Crippen LogP contribution is -2.41. The number of nitrogens with one attached hydrogen (secondary N) is 1. The van der Waals surface area contributed by atoms with Gasteiger partial charge in [0.05, 0.1) is 6.54 Å². The predicted octanol–water partition coefficient (Wildman–Crippen LogP) is 0.982. The number of aromatic nitrogens is 2. The maximum Gasteiger partial charge on any atom is 0.255 e. The van der Waals surface area contributed by atoms with Gasteiger partial charge in [-0.25, -0.2) is 0 Å². The third-order valence-corrected chi connectivity index (χ3v) is 4.37. The van der Waals surface area contributed by atoms with Crippen molar-refractivity contribution in [1.29, 1.82) is 0 Å². The van der Waals surface area contributed by atoms with Crippen LogP contribution in [0.25, 0.3) is 0 Å². The molecule has 1 atom stereocenters. The van der Waals surface area contributed by atoms with Gasteiger partial charge >= 0.3 is 0 Å². The standard InChI is InChI=1S/C16H24N4O4/c21-14(11-20-9-3-1-2-6-15(20)22)17-8-7-13-18-16(24-19-13)12-5-4-10-23-12/h12H,1-11H2,(H,17,21)/t12-/m0/s1. The van der Waals surface area contributed by atoms with Gasteiger partial charge in [-0.1, -0.05) is 11.6 Å². The van der Waals surface area contributed by atoms with Crippen molar-refractivity contribution in [2.75, 3.05) is 26.2 Å². The summed E-state index contributed by atoms with van der Waals surface area (Å²) in [6, 6.07) is 0. The van der Waals surface area contributed by atoms with Gasteiger partial charge in [0.15, 0.2) is 5.82 Å². The molecule has 1 aromatic rings. The molecule has 3 heterocycles. The highest BCUT2D eigenvalue weighted by Crippen LogP contribution is 2.26. The Kier molecular flexibility index (Phi) is 5.79. The van der Waals surface area contributed by atoms with Crippen molar-refractivity contribution in [3.8, 4) is 0 Å². The first-order valence-electron chi connectivity index (χ1n) is 8.71. The molecule has 0 unspecified atom stereocenters. The number of hydrogen-bond acceptors (Lipinski definition) is 6. The summed E-state index contributed by atoms with van der Waals surface area (Å²) < 4.78 is 10.7. The predicted molar refractivity (Wildman–Crippen MR) is 84.0 cm³/mol. The van der Waals surface area contributed by atoms with Gasteiger partial charge in [0, 0.05) is 32.5 Å². The number of hydrogen-bond donors (Lipinski definition) is 1. The molecule has 2 saturated heterocycles. The summed E-state index contributed by atoms with van der Waals surface area (Å²) in [6.07, 6.45) is 5.80. The Balaban J connectivity index is 1.39. The summed E-state index contributed by atoms with van der Waals surface area (Å²) in [7, 11) is 0. The molecular formula is C16H24N4O4. The highest BCUT2D eigenvalue weighted by Gasteiger charge is 2.24. The first-order valence-corrected chi connectivity index (χ1v) is 8.71. The molecule has 1 N–H and O–H groups in total. The Morgan fingerprint density at radius 3 is 3.04 bits per heavy atom. The van der Waals surface area contributed by atoms with Gasteiger partial charge in [-0.3, -0.25) is 9.59 Å². The van der Waals surface area contributed by atoms with E-state index in [9.17, 15) is 9.59 Å². The van der Waals surface area contributed by atoms with Crippen molar-refractivity contribution in [2.45, 2.75) is 51.0 Å². The van der Waals surface area contributed by atoms with Crippen molar-refractivity contribution in [1.82, 2.24) is 20.4 Å². The van der Waals surface area contributed by atoms with E-state index in [1.54, 1.807) is 4.90 Å². The summed E-state index contributed by atoms with van der Waals surface area (Å²) in [4.78, 5) is 29.8. The summed E-state index contributed by atoms with van der Waals surface area (Å²) in [5, 5.41) is 6.73. The fourth-order valence-electron chi connectivity index (χ4n) is 3.02. The zero-order valence-electron chi connectivity index (χ0n) is 13.8. The van der Waals surface area contributed by atoms with Crippen LogP contribution in [0, 0.1) is 0 Å². The number of rotatable bonds is 6. The molecule has 0 spiro atoms. The molecule has 2 aliphatic rings. The van der Waals surface area contributed by atoms with E-state index in [4.69, 9.17) is 9.26 Å². The molecule has 2 amide bonds. The van der Waals surface area contributed by atoms with E-state index in [-0.39, 0.29) is 24.5 Å². The Hall–Kier alpha value is -1.96. The van der Waals surface area contributed by atoms with E-state index in [2.05, 4.69) is 15.5 Å². The van der Waals surface area contributed by atoms with Crippen LogP contribution in [0.5, 0.6) is 0 Å². The maximum atomic E-state index is 12.0. The average Bonchev–Trinajstić information content (AvgIpc) is 3.21.